The Kier molecular flexibility index (Phi) is 6.55. The number of fused-ring (bicyclic) bond motifs is 6. The van der Waals surface area contributed by atoms with Crippen molar-refractivity contribution in [2.75, 3.05) is 7.11 Å². The second kappa shape index (κ2) is 9.48. The first-order valence-electron chi connectivity index (χ1n) is 14.9. The molecule has 0 spiro atoms. The van der Waals surface area contributed by atoms with Crippen LogP contribution in [0.15, 0.2) is 24.4 Å². The van der Waals surface area contributed by atoms with Gasteiger partial charge in [-0.05, 0) is 122 Å². The topological polar surface area (TPSA) is 75.5 Å². The van der Waals surface area contributed by atoms with E-state index in [4.69, 9.17) is 9.72 Å². The number of rotatable bonds is 5. The summed E-state index contributed by atoms with van der Waals surface area (Å²) in [4.78, 5) is 9.50. The van der Waals surface area contributed by atoms with Gasteiger partial charge >= 0.3 is 0 Å². The van der Waals surface area contributed by atoms with Crippen molar-refractivity contribution >= 4 is 10.9 Å². The number of aliphatic hydroxyl groups is 2. The molecule has 0 radical (unpaired) electrons. The zero-order chi connectivity index (χ0) is 25.9. The number of hydrogen-bond acceptors (Lipinski definition) is 5. The van der Waals surface area contributed by atoms with E-state index < -0.39 is 0 Å². The van der Waals surface area contributed by atoms with E-state index in [1.807, 2.05) is 24.4 Å². The van der Waals surface area contributed by atoms with E-state index in [-0.39, 0.29) is 17.6 Å². The lowest BCUT2D eigenvalue weighted by molar-refractivity contribution is -0.174. The van der Waals surface area contributed by atoms with Gasteiger partial charge in [0.2, 0.25) is 0 Å². The Balaban J connectivity index is 1.16. The zero-order valence-electron chi connectivity index (χ0n) is 23.2. The van der Waals surface area contributed by atoms with Crippen LogP contribution in [0, 0.1) is 46.3 Å². The molecule has 4 aliphatic rings. The van der Waals surface area contributed by atoms with E-state index in [0.29, 0.717) is 35.0 Å². The highest BCUT2D eigenvalue weighted by Crippen LogP contribution is 2.68. The van der Waals surface area contributed by atoms with Gasteiger partial charge in [-0.3, -0.25) is 0 Å². The van der Waals surface area contributed by atoms with Crippen molar-refractivity contribution in [3.8, 4) is 5.75 Å². The summed E-state index contributed by atoms with van der Waals surface area (Å²) in [7, 11) is 1.68. The van der Waals surface area contributed by atoms with Crippen LogP contribution >= 0.6 is 0 Å². The molecule has 6 rings (SSSR count). The van der Waals surface area contributed by atoms with E-state index >= 15 is 0 Å². The Bertz CT molecular complexity index is 1140. The van der Waals surface area contributed by atoms with Crippen molar-refractivity contribution in [1.29, 1.82) is 0 Å². The Morgan fingerprint density at radius 3 is 2.70 bits per heavy atom. The molecular weight excluding hydrogens is 460 g/mol. The third-order valence-corrected chi connectivity index (χ3v) is 12.2. The van der Waals surface area contributed by atoms with Gasteiger partial charge in [-0.1, -0.05) is 20.8 Å². The molecule has 5 nitrogen and oxygen atoms in total. The minimum atomic E-state index is -0.219. The summed E-state index contributed by atoms with van der Waals surface area (Å²) in [6, 6.07) is 5.97. The standard InChI is InChI=1S/C32H46N2O3/c1-19(5-12-30-33-18-20-15-23(37-4)7-11-28(20)34-30)25-9-10-26-24-8-6-21-16-22(35)13-14-31(21,2)27(24)17-29(36)32(25,26)3/h7,11,15,18-19,21-22,24-27,29,35-36H,5-6,8-10,12-14,16-17H2,1-4H3/t19-,21-,22-,24+,25-,26+,27?,29+,31+,32-/m1/s1. The smallest absolute Gasteiger partial charge is 0.128 e. The molecule has 0 bridgehead atoms. The molecule has 5 heteroatoms. The van der Waals surface area contributed by atoms with E-state index in [0.717, 1.165) is 66.9 Å². The molecule has 202 valence electrons. The van der Waals surface area contributed by atoms with Crippen LogP contribution in [0.4, 0.5) is 0 Å². The lowest BCUT2D eigenvalue weighted by atomic mass is 9.43. The van der Waals surface area contributed by atoms with Crippen LogP contribution in [-0.4, -0.2) is 39.5 Å². The van der Waals surface area contributed by atoms with Crippen molar-refractivity contribution < 1.29 is 14.9 Å². The van der Waals surface area contributed by atoms with Crippen molar-refractivity contribution in [2.45, 2.75) is 97.2 Å². The molecule has 1 aromatic carbocycles. The maximum Gasteiger partial charge on any atom is 0.128 e. The number of aryl methyl sites for hydroxylation is 1. The number of ether oxygens (including phenoxy) is 1. The SMILES string of the molecule is COc1ccc2nc(CC[C@@H](C)[C@H]3CC[C@H]4[C@@H]5CC[C@@H]6C[C@H](O)CC[C@]6(C)C5C[C@H](O)[C@]34C)ncc2c1. The average Bonchev–Trinajstić information content (AvgIpc) is 3.26. The number of hydrogen-bond donors (Lipinski definition) is 2. The van der Waals surface area contributed by atoms with E-state index in [9.17, 15) is 10.2 Å². The Hall–Kier alpha value is -1.72. The van der Waals surface area contributed by atoms with Crippen LogP contribution in [0.5, 0.6) is 5.75 Å². The fraction of sp³-hybridized carbons (Fsp3) is 0.750. The third kappa shape index (κ3) is 4.11. The van der Waals surface area contributed by atoms with Crippen LogP contribution in [0.1, 0.15) is 84.4 Å². The van der Waals surface area contributed by atoms with Gasteiger partial charge < -0.3 is 14.9 Å². The highest BCUT2D eigenvalue weighted by Gasteiger charge is 2.63. The molecule has 4 aliphatic carbocycles. The summed E-state index contributed by atoms with van der Waals surface area (Å²) >= 11 is 0. The van der Waals surface area contributed by atoms with E-state index in [1.54, 1.807) is 7.11 Å². The van der Waals surface area contributed by atoms with Crippen molar-refractivity contribution in [3.63, 3.8) is 0 Å². The predicted molar refractivity (Wildman–Crippen MR) is 146 cm³/mol. The van der Waals surface area contributed by atoms with Gasteiger partial charge in [-0.15, -0.1) is 0 Å². The highest BCUT2D eigenvalue weighted by molar-refractivity contribution is 5.79. The van der Waals surface area contributed by atoms with Gasteiger partial charge in [-0.2, -0.15) is 0 Å². The fourth-order valence-electron chi connectivity index (χ4n) is 10.0. The summed E-state index contributed by atoms with van der Waals surface area (Å²) in [5.74, 6) is 5.45. The lowest BCUT2D eigenvalue weighted by Gasteiger charge is -2.62. The Morgan fingerprint density at radius 1 is 1.05 bits per heavy atom. The molecule has 1 aromatic heterocycles. The molecule has 10 atom stereocenters. The van der Waals surface area contributed by atoms with Gasteiger partial charge in [0.05, 0.1) is 24.8 Å². The highest BCUT2D eigenvalue weighted by atomic mass is 16.5. The largest absolute Gasteiger partial charge is 0.497 e. The van der Waals surface area contributed by atoms with Crippen molar-refractivity contribution in [1.82, 2.24) is 9.97 Å². The minimum absolute atomic E-state index is 0.0127. The normalized spacial score (nSPS) is 42.1. The first-order chi connectivity index (χ1) is 17.7. The summed E-state index contributed by atoms with van der Waals surface area (Å²) < 4.78 is 5.33. The monoisotopic (exact) mass is 506 g/mol. The van der Waals surface area contributed by atoms with Gasteiger partial charge in [0, 0.05) is 18.0 Å². The fourth-order valence-corrected chi connectivity index (χ4v) is 10.0. The third-order valence-electron chi connectivity index (χ3n) is 12.2. The first-order valence-corrected chi connectivity index (χ1v) is 14.9. The quantitative estimate of drug-likeness (QED) is 0.505. The van der Waals surface area contributed by atoms with Crippen LogP contribution in [-0.2, 0) is 6.42 Å². The molecule has 0 saturated heterocycles. The maximum absolute atomic E-state index is 11.8. The zero-order valence-corrected chi connectivity index (χ0v) is 23.2. The summed E-state index contributed by atoms with van der Waals surface area (Å²) in [5.41, 5.74) is 1.28. The summed E-state index contributed by atoms with van der Waals surface area (Å²) in [5, 5.41) is 23.2. The second-order valence-corrected chi connectivity index (χ2v) is 13.6. The van der Waals surface area contributed by atoms with E-state index in [1.165, 1.54) is 25.7 Å². The number of aliphatic hydroxyl groups excluding tert-OH is 2. The second-order valence-electron chi connectivity index (χ2n) is 13.6. The summed E-state index contributed by atoms with van der Waals surface area (Å²) in [6.07, 6.45) is 12.6. The minimum Gasteiger partial charge on any atom is -0.497 e. The number of benzene rings is 1. The number of methoxy groups -OCH3 is 1. The van der Waals surface area contributed by atoms with Crippen molar-refractivity contribution in [3.05, 3.63) is 30.2 Å². The molecule has 1 unspecified atom stereocenters. The van der Waals surface area contributed by atoms with Crippen LogP contribution < -0.4 is 4.74 Å². The predicted octanol–water partition coefficient (Wildman–Crippen LogP) is 6.20. The van der Waals surface area contributed by atoms with E-state index in [2.05, 4.69) is 25.8 Å². The average molecular weight is 507 g/mol. The van der Waals surface area contributed by atoms with Crippen molar-refractivity contribution in [2.24, 2.45) is 46.3 Å². The van der Waals surface area contributed by atoms with Crippen LogP contribution in [0.25, 0.3) is 10.9 Å². The van der Waals surface area contributed by atoms with Gasteiger partial charge in [0.25, 0.3) is 0 Å². The molecule has 4 fully saturated rings. The van der Waals surface area contributed by atoms with Crippen LogP contribution in [0.3, 0.4) is 0 Å². The van der Waals surface area contributed by atoms with Gasteiger partial charge in [-0.25, -0.2) is 9.97 Å². The number of aromatic nitrogens is 2. The molecule has 2 N–H and O–H groups in total. The molecule has 0 amide bonds. The van der Waals surface area contributed by atoms with Gasteiger partial charge in [0.15, 0.2) is 0 Å². The molecule has 37 heavy (non-hydrogen) atoms. The maximum atomic E-state index is 11.8. The molecular formula is C32H46N2O3. The molecule has 1 heterocycles. The van der Waals surface area contributed by atoms with Gasteiger partial charge in [0.1, 0.15) is 11.6 Å². The summed E-state index contributed by atoms with van der Waals surface area (Å²) in [6.45, 7) is 7.35. The Labute approximate surface area is 222 Å². The first kappa shape index (κ1) is 25.6. The molecule has 4 saturated carbocycles. The molecule has 2 aromatic rings. The number of nitrogens with zero attached hydrogens (tertiary/aromatic N) is 2. The Morgan fingerprint density at radius 2 is 1.89 bits per heavy atom. The molecule has 0 aliphatic heterocycles. The lowest BCUT2D eigenvalue weighted by Crippen LogP contribution is -2.58. The van der Waals surface area contributed by atoms with Crippen LogP contribution in [0.2, 0.25) is 0 Å².